The number of thioether (sulfide) groups is 1. The first-order chi connectivity index (χ1) is 12.5. The Hall–Kier alpha value is -2.37. The Morgan fingerprint density at radius 3 is 2.35 bits per heavy atom. The number of imide groups is 1. The maximum absolute atomic E-state index is 12.5. The predicted octanol–water partition coefficient (Wildman–Crippen LogP) is 4.82. The molecule has 132 valence electrons. The Bertz CT molecular complexity index is 888. The highest BCUT2D eigenvalue weighted by Gasteiger charge is 2.36. The van der Waals surface area contributed by atoms with Gasteiger partial charge < -0.3 is 0 Å². The molecule has 1 fully saturated rings. The van der Waals surface area contributed by atoms with Crippen LogP contribution in [0.4, 0.5) is 4.79 Å². The van der Waals surface area contributed by atoms with Crippen LogP contribution in [-0.2, 0) is 11.2 Å². The molecule has 0 atom stereocenters. The molecule has 4 nitrogen and oxygen atoms in total. The summed E-state index contributed by atoms with van der Waals surface area (Å²) in [5.74, 6) is -0.751. The zero-order valence-corrected chi connectivity index (χ0v) is 15.6. The zero-order valence-electron chi connectivity index (χ0n) is 14.1. The SMILES string of the molecule is CCc1ccc(/C=C2\SC(=O)N(CC(=O)c3ccc(Cl)cc3)C2=O)cc1. The highest BCUT2D eigenvalue weighted by Crippen LogP contribution is 2.32. The summed E-state index contributed by atoms with van der Waals surface area (Å²) < 4.78 is 0. The number of nitrogens with zero attached hydrogens (tertiary/aromatic N) is 1. The third-order valence-electron chi connectivity index (χ3n) is 4.03. The van der Waals surface area contributed by atoms with E-state index in [2.05, 4.69) is 6.92 Å². The minimum absolute atomic E-state index is 0.279. The second-order valence-electron chi connectivity index (χ2n) is 5.79. The van der Waals surface area contributed by atoms with Crippen LogP contribution in [0.15, 0.2) is 53.4 Å². The number of carbonyl (C=O) groups is 3. The van der Waals surface area contributed by atoms with E-state index in [0.717, 1.165) is 28.6 Å². The Kier molecular flexibility index (Phi) is 5.59. The van der Waals surface area contributed by atoms with Crippen molar-refractivity contribution < 1.29 is 14.4 Å². The van der Waals surface area contributed by atoms with Crippen LogP contribution in [0.3, 0.4) is 0 Å². The first-order valence-corrected chi connectivity index (χ1v) is 9.30. The van der Waals surface area contributed by atoms with E-state index in [-0.39, 0.29) is 12.3 Å². The topological polar surface area (TPSA) is 54.5 Å². The molecule has 0 aliphatic carbocycles. The van der Waals surface area contributed by atoms with Crippen molar-refractivity contribution in [2.24, 2.45) is 0 Å². The third kappa shape index (κ3) is 4.06. The molecule has 0 aromatic heterocycles. The molecule has 6 heteroatoms. The highest BCUT2D eigenvalue weighted by molar-refractivity contribution is 8.18. The van der Waals surface area contributed by atoms with Crippen LogP contribution in [0, 0.1) is 0 Å². The molecule has 2 amide bonds. The smallest absolute Gasteiger partial charge is 0.292 e. The van der Waals surface area contributed by atoms with Crippen LogP contribution in [0.2, 0.25) is 5.02 Å². The number of hydrogen-bond donors (Lipinski definition) is 0. The van der Waals surface area contributed by atoms with Crippen LogP contribution in [0.5, 0.6) is 0 Å². The average molecular weight is 386 g/mol. The number of aryl methyl sites for hydroxylation is 1. The van der Waals surface area contributed by atoms with Crippen molar-refractivity contribution in [2.45, 2.75) is 13.3 Å². The van der Waals surface area contributed by atoms with E-state index < -0.39 is 11.1 Å². The van der Waals surface area contributed by atoms with Crippen LogP contribution < -0.4 is 0 Å². The Morgan fingerprint density at radius 2 is 1.73 bits per heavy atom. The van der Waals surface area contributed by atoms with Gasteiger partial charge in [0.15, 0.2) is 5.78 Å². The molecule has 0 N–H and O–H groups in total. The minimum Gasteiger partial charge on any atom is -0.292 e. The van der Waals surface area contributed by atoms with Crippen LogP contribution >= 0.6 is 23.4 Å². The lowest BCUT2D eigenvalue weighted by Gasteiger charge is -2.11. The summed E-state index contributed by atoms with van der Waals surface area (Å²) in [7, 11) is 0. The number of rotatable bonds is 5. The number of halogens is 1. The van der Waals surface area contributed by atoms with Gasteiger partial charge in [-0.2, -0.15) is 0 Å². The number of hydrogen-bond acceptors (Lipinski definition) is 4. The summed E-state index contributed by atoms with van der Waals surface area (Å²) in [5, 5.41) is 0.0819. The molecule has 1 aliphatic rings. The van der Waals surface area contributed by atoms with Gasteiger partial charge in [0, 0.05) is 10.6 Å². The largest absolute Gasteiger partial charge is 0.293 e. The fraction of sp³-hybridized carbons (Fsp3) is 0.150. The fourth-order valence-electron chi connectivity index (χ4n) is 2.51. The van der Waals surface area contributed by atoms with Crippen LogP contribution in [-0.4, -0.2) is 28.4 Å². The zero-order chi connectivity index (χ0) is 18.7. The standard InChI is InChI=1S/C20H16ClNO3S/c1-2-13-3-5-14(6-4-13)11-18-19(24)22(20(25)26-18)12-17(23)15-7-9-16(21)10-8-15/h3-11H,2,12H2,1H3/b18-11-. The molecule has 2 aromatic carbocycles. The second kappa shape index (κ2) is 7.89. The van der Waals surface area contributed by atoms with Crippen molar-refractivity contribution in [1.82, 2.24) is 4.90 Å². The van der Waals surface area contributed by atoms with Crippen molar-refractivity contribution in [2.75, 3.05) is 6.54 Å². The second-order valence-corrected chi connectivity index (χ2v) is 7.22. The summed E-state index contributed by atoms with van der Waals surface area (Å²) in [6.07, 6.45) is 2.61. The number of amides is 2. The van der Waals surface area contributed by atoms with Crippen molar-refractivity contribution in [3.63, 3.8) is 0 Å². The van der Waals surface area contributed by atoms with Gasteiger partial charge in [0.05, 0.1) is 11.4 Å². The summed E-state index contributed by atoms with van der Waals surface area (Å²) in [4.78, 5) is 38.3. The van der Waals surface area contributed by atoms with Gasteiger partial charge in [0.25, 0.3) is 11.1 Å². The van der Waals surface area contributed by atoms with Crippen molar-refractivity contribution >= 4 is 46.4 Å². The fourth-order valence-corrected chi connectivity index (χ4v) is 3.47. The summed E-state index contributed by atoms with van der Waals surface area (Å²) >= 11 is 6.66. The lowest BCUT2D eigenvalue weighted by atomic mass is 10.1. The van der Waals surface area contributed by atoms with Crippen molar-refractivity contribution in [3.8, 4) is 0 Å². The van der Waals surface area contributed by atoms with E-state index in [1.165, 1.54) is 5.56 Å². The predicted molar refractivity (Wildman–Crippen MR) is 104 cm³/mol. The van der Waals surface area contributed by atoms with Gasteiger partial charge >= 0.3 is 0 Å². The molecule has 1 saturated heterocycles. The van der Waals surface area contributed by atoms with Gasteiger partial charge in [-0.15, -0.1) is 0 Å². The van der Waals surface area contributed by atoms with Crippen LogP contribution in [0.1, 0.15) is 28.4 Å². The minimum atomic E-state index is -0.443. The van der Waals surface area contributed by atoms with Crippen molar-refractivity contribution in [3.05, 3.63) is 75.1 Å². The Balaban J connectivity index is 1.74. The number of ketones is 1. The first kappa shape index (κ1) is 18.4. The molecule has 0 saturated carbocycles. The molecule has 26 heavy (non-hydrogen) atoms. The molecular weight excluding hydrogens is 370 g/mol. The van der Waals surface area contributed by atoms with E-state index in [1.54, 1.807) is 30.3 Å². The first-order valence-electron chi connectivity index (χ1n) is 8.11. The number of Topliss-reactive ketones (excluding diaryl/α,β-unsaturated/α-hetero) is 1. The number of benzene rings is 2. The molecule has 2 aromatic rings. The molecular formula is C20H16ClNO3S. The molecule has 0 spiro atoms. The van der Waals surface area contributed by atoms with Gasteiger partial charge in [-0.1, -0.05) is 42.8 Å². The van der Waals surface area contributed by atoms with E-state index in [0.29, 0.717) is 15.5 Å². The molecule has 1 aliphatic heterocycles. The normalized spacial score (nSPS) is 15.8. The Morgan fingerprint density at radius 1 is 1.08 bits per heavy atom. The van der Waals surface area contributed by atoms with Gasteiger partial charge in [0.1, 0.15) is 0 Å². The number of carbonyl (C=O) groups excluding carboxylic acids is 3. The maximum atomic E-state index is 12.5. The molecule has 0 unspecified atom stereocenters. The van der Waals surface area contributed by atoms with Crippen molar-refractivity contribution in [1.29, 1.82) is 0 Å². The third-order valence-corrected chi connectivity index (χ3v) is 5.19. The average Bonchev–Trinajstić information content (AvgIpc) is 2.90. The maximum Gasteiger partial charge on any atom is 0.293 e. The van der Waals surface area contributed by atoms with Gasteiger partial charge in [0.2, 0.25) is 0 Å². The van der Waals surface area contributed by atoms with E-state index in [1.807, 2.05) is 24.3 Å². The summed E-state index contributed by atoms with van der Waals surface area (Å²) in [6, 6.07) is 14.1. The van der Waals surface area contributed by atoms with Gasteiger partial charge in [-0.3, -0.25) is 19.3 Å². The summed E-state index contributed by atoms with van der Waals surface area (Å²) in [6.45, 7) is 1.79. The molecule has 0 radical (unpaired) electrons. The molecule has 3 rings (SSSR count). The molecule has 1 heterocycles. The van der Waals surface area contributed by atoms with Gasteiger partial charge in [-0.05, 0) is 59.7 Å². The van der Waals surface area contributed by atoms with E-state index in [4.69, 9.17) is 11.6 Å². The quantitative estimate of drug-likeness (QED) is 0.546. The lowest BCUT2D eigenvalue weighted by Crippen LogP contribution is -2.33. The monoisotopic (exact) mass is 385 g/mol. The van der Waals surface area contributed by atoms with Gasteiger partial charge in [-0.25, -0.2) is 0 Å². The Labute approximate surface area is 160 Å². The van der Waals surface area contributed by atoms with E-state index >= 15 is 0 Å². The lowest BCUT2D eigenvalue weighted by molar-refractivity contribution is -0.122. The van der Waals surface area contributed by atoms with E-state index in [9.17, 15) is 14.4 Å². The van der Waals surface area contributed by atoms with Crippen LogP contribution in [0.25, 0.3) is 6.08 Å². The summed E-state index contributed by atoms with van der Waals surface area (Å²) in [5.41, 5.74) is 2.45. The molecule has 0 bridgehead atoms. The highest BCUT2D eigenvalue weighted by atomic mass is 35.5.